The zero-order valence-corrected chi connectivity index (χ0v) is 16.3. The van der Waals surface area contributed by atoms with E-state index in [-0.39, 0.29) is 9.79 Å². The van der Waals surface area contributed by atoms with Gasteiger partial charge in [0.1, 0.15) is 9.79 Å². The Morgan fingerprint density at radius 3 is 1.65 bits per heavy atom. The predicted molar refractivity (Wildman–Crippen MR) is 94.3 cm³/mol. The summed E-state index contributed by atoms with van der Waals surface area (Å²) in [5.74, 6) is 1.35. The van der Waals surface area contributed by atoms with Crippen molar-refractivity contribution >= 4 is 29.8 Å². The van der Waals surface area contributed by atoms with Crippen molar-refractivity contribution < 1.29 is 16.8 Å². The minimum absolute atomic E-state index is 0.0785. The molecule has 2 aromatic heterocycles. The molecule has 2 saturated carbocycles. The Hall–Kier alpha value is -1.43. The SMILES string of the molecule is NS(=O)(=O)c1cnn(CC2CC2)c1.O=S(=O)(Cl)c1cnn(CC2CC2)c1. The van der Waals surface area contributed by atoms with E-state index in [0.717, 1.165) is 13.1 Å². The molecule has 2 heterocycles. The van der Waals surface area contributed by atoms with Crippen LogP contribution in [-0.4, -0.2) is 36.4 Å². The third-order valence-electron chi connectivity index (χ3n) is 4.11. The molecule has 0 aromatic carbocycles. The highest BCUT2D eigenvalue weighted by Crippen LogP contribution is 2.31. The number of halogens is 1. The van der Waals surface area contributed by atoms with Gasteiger partial charge in [-0.15, -0.1) is 0 Å². The molecule has 2 N–H and O–H groups in total. The Balaban J connectivity index is 0.000000151. The Labute approximate surface area is 156 Å². The lowest BCUT2D eigenvalue weighted by atomic mass is 10.4. The molecule has 0 unspecified atom stereocenters. The standard InChI is InChI=1S/C7H9ClN2O2S.C7H11N3O2S/c2*8-13(11,12)7-3-9-10(5-7)4-6-1-2-6/h3,5-6H,1-2,4H2;3,5-6H,1-2,4H2,(H2,8,11,12). The smallest absolute Gasteiger partial charge is 0.264 e. The van der Waals surface area contributed by atoms with E-state index in [4.69, 9.17) is 15.8 Å². The molecule has 12 heteroatoms. The summed E-state index contributed by atoms with van der Waals surface area (Å²) in [5.41, 5.74) is 0. The van der Waals surface area contributed by atoms with E-state index < -0.39 is 19.1 Å². The van der Waals surface area contributed by atoms with E-state index in [1.165, 1.54) is 50.5 Å². The molecular weight excluding hydrogens is 402 g/mol. The van der Waals surface area contributed by atoms with Crippen LogP contribution in [0, 0.1) is 11.8 Å². The number of hydrogen-bond donors (Lipinski definition) is 1. The first kappa shape index (κ1) is 19.3. The average Bonchev–Trinajstić information content (AvgIpc) is 3.39. The number of hydrogen-bond acceptors (Lipinski definition) is 6. The van der Waals surface area contributed by atoms with Crippen molar-refractivity contribution in [2.45, 2.75) is 48.6 Å². The van der Waals surface area contributed by atoms with Crippen LogP contribution in [0.4, 0.5) is 0 Å². The molecule has 0 aliphatic heterocycles. The van der Waals surface area contributed by atoms with Crippen LogP contribution in [0.5, 0.6) is 0 Å². The lowest BCUT2D eigenvalue weighted by Gasteiger charge is -1.96. The average molecular weight is 422 g/mol. The molecule has 0 bridgehead atoms. The monoisotopic (exact) mass is 421 g/mol. The summed E-state index contributed by atoms with van der Waals surface area (Å²) in [6.07, 6.45) is 10.4. The number of nitrogens with zero attached hydrogens (tertiary/aromatic N) is 4. The lowest BCUT2D eigenvalue weighted by Crippen LogP contribution is -2.11. The van der Waals surface area contributed by atoms with Crippen molar-refractivity contribution in [2.24, 2.45) is 17.0 Å². The topological polar surface area (TPSA) is 130 Å². The largest absolute Gasteiger partial charge is 0.271 e. The fourth-order valence-corrected chi connectivity index (χ4v) is 3.41. The van der Waals surface area contributed by atoms with Crippen molar-refractivity contribution in [3.8, 4) is 0 Å². The molecule has 0 spiro atoms. The summed E-state index contributed by atoms with van der Waals surface area (Å²) in [5, 5.41) is 12.8. The van der Waals surface area contributed by atoms with E-state index in [0.29, 0.717) is 11.8 Å². The molecule has 2 aromatic rings. The Morgan fingerprint density at radius 1 is 0.923 bits per heavy atom. The summed E-state index contributed by atoms with van der Waals surface area (Å²) < 4.78 is 46.7. The van der Waals surface area contributed by atoms with Gasteiger partial charge in [-0.25, -0.2) is 22.0 Å². The van der Waals surface area contributed by atoms with Gasteiger partial charge in [0.05, 0.1) is 12.4 Å². The molecule has 2 fully saturated rings. The van der Waals surface area contributed by atoms with Gasteiger partial charge >= 0.3 is 0 Å². The van der Waals surface area contributed by atoms with Gasteiger partial charge in [0.25, 0.3) is 9.05 Å². The molecule has 0 amide bonds. The first-order valence-electron chi connectivity index (χ1n) is 8.13. The molecule has 0 saturated heterocycles. The number of nitrogens with two attached hydrogens (primary N) is 1. The van der Waals surface area contributed by atoms with Gasteiger partial charge in [-0.1, -0.05) is 0 Å². The first-order chi connectivity index (χ1) is 12.1. The summed E-state index contributed by atoms with van der Waals surface area (Å²) >= 11 is 0. The van der Waals surface area contributed by atoms with E-state index in [1.807, 2.05) is 0 Å². The van der Waals surface area contributed by atoms with Crippen LogP contribution in [0.15, 0.2) is 34.6 Å². The number of rotatable bonds is 6. The second-order valence-corrected chi connectivity index (χ2v) is 10.8. The van der Waals surface area contributed by atoms with Gasteiger partial charge < -0.3 is 0 Å². The summed E-state index contributed by atoms with van der Waals surface area (Å²) in [7, 11) is -2.05. The van der Waals surface area contributed by atoms with Gasteiger partial charge in [0, 0.05) is 36.2 Å². The van der Waals surface area contributed by atoms with Gasteiger partial charge in [-0.3, -0.25) is 9.36 Å². The first-order valence-corrected chi connectivity index (χ1v) is 12.0. The van der Waals surface area contributed by atoms with E-state index in [1.54, 1.807) is 9.36 Å². The Bertz CT molecular complexity index is 894. The third-order valence-corrected chi connectivity index (χ3v) is 6.29. The molecule has 4 rings (SSSR count). The normalized spacial score (nSPS) is 17.6. The third kappa shape index (κ3) is 5.79. The van der Waals surface area contributed by atoms with Crippen LogP contribution >= 0.6 is 10.7 Å². The van der Waals surface area contributed by atoms with Gasteiger partial charge in [0.2, 0.25) is 10.0 Å². The highest BCUT2D eigenvalue weighted by atomic mass is 35.7. The van der Waals surface area contributed by atoms with Crippen LogP contribution in [0.1, 0.15) is 25.7 Å². The molecule has 0 atom stereocenters. The number of primary sulfonamides is 1. The molecule has 144 valence electrons. The molecule has 0 radical (unpaired) electrons. The van der Waals surface area contributed by atoms with Crippen LogP contribution in [0.25, 0.3) is 0 Å². The van der Waals surface area contributed by atoms with Crippen molar-refractivity contribution in [3.05, 3.63) is 24.8 Å². The second-order valence-electron chi connectivity index (χ2n) is 6.67. The van der Waals surface area contributed by atoms with Gasteiger partial charge in [-0.05, 0) is 37.5 Å². The van der Waals surface area contributed by atoms with Crippen molar-refractivity contribution in [3.63, 3.8) is 0 Å². The maximum atomic E-state index is 10.9. The van der Waals surface area contributed by atoms with E-state index in [9.17, 15) is 16.8 Å². The summed E-state index contributed by atoms with van der Waals surface area (Å²) in [4.78, 5) is 0.169. The molecule has 2 aliphatic rings. The van der Waals surface area contributed by atoms with Gasteiger partial charge in [-0.2, -0.15) is 10.2 Å². The minimum Gasteiger partial charge on any atom is -0.271 e. The zero-order valence-electron chi connectivity index (χ0n) is 13.9. The lowest BCUT2D eigenvalue weighted by molar-refractivity contribution is 0.561. The maximum Gasteiger partial charge on any atom is 0.264 e. The Morgan fingerprint density at radius 2 is 1.35 bits per heavy atom. The summed E-state index contributed by atoms with van der Waals surface area (Å²) in [6.45, 7) is 1.60. The van der Waals surface area contributed by atoms with Crippen molar-refractivity contribution in [2.75, 3.05) is 0 Å². The highest BCUT2D eigenvalue weighted by molar-refractivity contribution is 8.13. The van der Waals surface area contributed by atoms with Gasteiger partial charge in [0.15, 0.2) is 0 Å². The maximum absolute atomic E-state index is 10.9. The minimum atomic E-state index is -3.61. The van der Waals surface area contributed by atoms with Crippen molar-refractivity contribution in [1.82, 2.24) is 19.6 Å². The van der Waals surface area contributed by atoms with Crippen LogP contribution in [-0.2, 0) is 32.2 Å². The molecular formula is C14H20ClN5O4S2. The van der Waals surface area contributed by atoms with Crippen LogP contribution in [0.3, 0.4) is 0 Å². The second kappa shape index (κ2) is 7.29. The summed E-state index contributed by atoms with van der Waals surface area (Å²) in [6, 6.07) is 0. The zero-order chi connectivity index (χ0) is 18.9. The highest BCUT2D eigenvalue weighted by Gasteiger charge is 2.23. The van der Waals surface area contributed by atoms with E-state index >= 15 is 0 Å². The predicted octanol–water partition coefficient (Wildman–Crippen LogP) is 1.16. The van der Waals surface area contributed by atoms with Crippen LogP contribution < -0.4 is 5.14 Å². The number of sulfonamides is 1. The quantitative estimate of drug-likeness (QED) is 0.696. The van der Waals surface area contributed by atoms with Crippen molar-refractivity contribution in [1.29, 1.82) is 0 Å². The Kier molecular flexibility index (Phi) is 5.42. The number of aromatic nitrogens is 4. The molecule has 26 heavy (non-hydrogen) atoms. The fourth-order valence-electron chi connectivity index (χ4n) is 2.29. The van der Waals surface area contributed by atoms with E-state index in [2.05, 4.69) is 10.2 Å². The molecule has 9 nitrogen and oxygen atoms in total. The fraction of sp³-hybridized carbons (Fsp3) is 0.571. The molecule has 2 aliphatic carbocycles. The van der Waals surface area contributed by atoms with Crippen LogP contribution in [0.2, 0.25) is 0 Å².